The smallest absolute Gasteiger partial charge is 0.161 e. The molecule has 3 atom stereocenters. The van der Waals surface area contributed by atoms with Gasteiger partial charge in [-0.15, -0.1) is 12.4 Å². The fourth-order valence-electron chi connectivity index (χ4n) is 12.1. The number of aromatic nitrogens is 12. The zero-order valence-electron chi connectivity index (χ0n) is 57.7. The third-order valence-electron chi connectivity index (χ3n) is 17.5. The number of halogens is 5. The fourth-order valence-corrected chi connectivity index (χ4v) is 12.6. The van der Waals surface area contributed by atoms with Crippen molar-refractivity contribution in [2.24, 2.45) is 0 Å². The maximum atomic E-state index is 13.4. The van der Waals surface area contributed by atoms with Gasteiger partial charge in [-0.3, -0.25) is 0 Å². The molecule has 3 fully saturated rings. The number of morpholine rings is 3. The number of aromatic amines is 3. The summed E-state index contributed by atoms with van der Waals surface area (Å²) in [6, 6.07) is 25.6. The molecule has 15 rings (SSSR count). The maximum absolute atomic E-state index is 13.4. The number of nitrogens with zero attached hydrogens (tertiary/aromatic N) is 11. The molecule has 7 N–H and O–H groups in total. The minimum Gasteiger partial charge on any atom is -0.379 e. The average molecular weight is 1460 g/mol. The van der Waals surface area contributed by atoms with Gasteiger partial charge in [-0.1, -0.05) is 41.5 Å². The number of hydrogen-bond donors (Lipinski definition) is 7. The van der Waals surface area contributed by atoms with Crippen molar-refractivity contribution in [1.29, 1.82) is 0 Å². The molecule has 0 radical (unpaired) electrons. The van der Waals surface area contributed by atoms with Gasteiger partial charge < -0.3 is 60.2 Å². The van der Waals surface area contributed by atoms with Crippen LogP contribution >= 0.6 is 28.3 Å². The molecule has 101 heavy (non-hydrogen) atoms. The van der Waals surface area contributed by atoms with Crippen LogP contribution < -0.4 is 31.1 Å². The summed E-state index contributed by atoms with van der Waals surface area (Å²) in [6.07, 6.45) is 16.7. The van der Waals surface area contributed by atoms with Crippen molar-refractivity contribution < 1.29 is 27.4 Å². The van der Waals surface area contributed by atoms with E-state index in [4.69, 9.17) is 29.2 Å². The minimum atomic E-state index is -0.285. The van der Waals surface area contributed by atoms with Crippen molar-refractivity contribution in [1.82, 2.24) is 65.1 Å². The largest absolute Gasteiger partial charge is 0.379 e. The summed E-state index contributed by atoms with van der Waals surface area (Å²) in [7, 11) is 0. The van der Waals surface area contributed by atoms with Crippen LogP contribution in [0.1, 0.15) is 96.8 Å². The first-order chi connectivity index (χ1) is 48.4. The number of benzene rings is 3. The molecule has 21 nitrogen and oxygen atoms in total. The molecule has 3 aliphatic rings. The van der Waals surface area contributed by atoms with Crippen molar-refractivity contribution >= 4 is 107 Å². The standard InChI is InChI=1S/2C25H27FN6O.C20H17BrFN5.C5H11NO.ClH/c2*1-15(2)19-12-28-23(17-4-6-18(26)7-5-17)31-24(19)30-20-8-9-27-25-22(20)21(13-29-25)32-10-11-33-14-16(32)3;1-11(2)14-9-24-18(12-3-5-13(22)6-4-12)27-19(14)26-16-7-8-23-20-17(16)15(21)10-25-20;1-5-4-7-3-2-6-5;/h2*4-9,12-13,15-16H,10-11,14H2,1-3H3,(H2,27,28,29,30,31);3-11H,1-2H3,(H2,23,24,25,26,27);5-6H,2-4H2,1H3;1H. The molecule has 0 spiro atoms. The molecular weight excluding hydrogens is 1370 g/mol. The number of ether oxygens (including phenoxy) is 3. The van der Waals surface area contributed by atoms with Crippen molar-refractivity contribution in [3.8, 4) is 34.2 Å². The lowest BCUT2D eigenvalue weighted by atomic mass is 10.1. The topological polar surface area (TPSA) is 246 Å². The molecule has 0 amide bonds. The Bertz CT molecular complexity index is 4530. The maximum Gasteiger partial charge on any atom is 0.161 e. The van der Waals surface area contributed by atoms with E-state index in [0.29, 0.717) is 49.9 Å². The number of pyridine rings is 3. The second kappa shape index (κ2) is 33.2. The number of fused-ring (bicyclic) bond motifs is 3. The first-order valence-corrected chi connectivity index (χ1v) is 34.5. The molecule has 12 heterocycles. The van der Waals surface area contributed by atoms with Crippen LogP contribution in [0.2, 0.25) is 0 Å². The molecule has 526 valence electrons. The van der Waals surface area contributed by atoms with Crippen LogP contribution in [-0.4, -0.2) is 137 Å². The van der Waals surface area contributed by atoms with Crippen molar-refractivity contribution in [2.45, 2.75) is 98.2 Å². The lowest BCUT2D eigenvalue weighted by Crippen LogP contribution is -2.43. The quantitative estimate of drug-likeness (QED) is 0.0535. The molecule has 9 aromatic heterocycles. The molecule has 12 aromatic rings. The van der Waals surface area contributed by atoms with Crippen molar-refractivity contribution in [2.75, 3.05) is 85.0 Å². The Morgan fingerprint density at radius 1 is 0.455 bits per heavy atom. The minimum absolute atomic E-state index is 0. The fraction of sp³-hybridized carbons (Fsp3) is 0.320. The van der Waals surface area contributed by atoms with Gasteiger partial charge in [-0.05, 0) is 145 Å². The third kappa shape index (κ3) is 17.2. The molecule has 3 aromatic carbocycles. The Morgan fingerprint density at radius 2 is 0.802 bits per heavy atom. The summed E-state index contributed by atoms with van der Waals surface area (Å²) < 4.78 is 57.3. The summed E-state index contributed by atoms with van der Waals surface area (Å²) in [4.78, 5) is 55.8. The zero-order chi connectivity index (χ0) is 70.0. The Balaban J connectivity index is 0.000000145. The predicted octanol–water partition coefficient (Wildman–Crippen LogP) is 16.7. The van der Waals surface area contributed by atoms with Crippen LogP contribution in [0.3, 0.4) is 0 Å². The van der Waals surface area contributed by atoms with E-state index >= 15 is 0 Å². The molecule has 26 heteroatoms. The van der Waals surface area contributed by atoms with Crippen LogP contribution in [0.5, 0.6) is 0 Å². The van der Waals surface area contributed by atoms with Crippen LogP contribution in [0.4, 0.5) is 59.1 Å². The average Bonchev–Trinajstić information content (AvgIpc) is 1.67. The highest BCUT2D eigenvalue weighted by Gasteiger charge is 2.27. The van der Waals surface area contributed by atoms with Gasteiger partial charge in [0.2, 0.25) is 0 Å². The number of H-pyrrole nitrogens is 3. The van der Waals surface area contributed by atoms with Gasteiger partial charge in [0.25, 0.3) is 0 Å². The molecular formula is C75H83BrClF3N18O3. The van der Waals surface area contributed by atoms with E-state index < -0.39 is 0 Å². The summed E-state index contributed by atoms with van der Waals surface area (Å²) in [5, 5.41) is 16.8. The molecule has 0 saturated carbocycles. The molecule has 3 saturated heterocycles. The number of rotatable bonds is 14. The van der Waals surface area contributed by atoms with Crippen molar-refractivity contribution in [3.63, 3.8) is 0 Å². The van der Waals surface area contributed by atoms with E-state index in [0.717, 1.165) is 150 Å². The monoisotopic (exact) mass is 1450 g/mol. The Kier molecular flexibility index (Phi) is 23.9. The highest BCUT2D eigenvalue weighted by molar-refractivity contribution is 9.10. The van der Waals surface area contributed by atoms with E-state index in [-0.39, 0.29) is 59.7 Å². The van der Waals surface area contributed by atoms with Crippen molar-refractivity contribution in [3.05, 3.63) is 185 Å². The van der Waals surface area contributed by atoms with Crippen LogP contribution in [0, 0.1) is 17.5 Å². The zero-order valence-corrected chi connectivity index (χ0v) is 60.2. The van der Waals surface area contributed by atoms with Crippen LogP contribution in [0.15, 0.2) is 151 Å². The SMILES string of the molecule is CC(C)c1cnc(-c2ccc(F)cc2)nc1Nc1ccnc2[nH]cc(Br)c12.CC(C)c1cnc(-c2ccc(F)cc2)nc1Nc1ccnc2[nH]cc(N3CCOCC3C)c12.CC(C)c1cnc(-c2ccc(F)cc2)nc1Nc1ccnc2[nH]cc(N3CCOCC3C)c12.CC1COCCN1.Cl. The van der Waals surface area contributed by atoms with Crippen LogP contribution in [0.25, 0.3) is 67.3 Å². The first kappa shape index (κ1) is 72.6. The first-order valence-electron chi connectivity index (χ1n) is 33.7. The van der Waals surface area contributed by atoms with Crippen LogP contribution in [-0.2, 0) is 14.2 Å². The Morgan fingerprint density at radius 3 is 1.13 bits per heavy atom. The number of nitrogens with one attached hydrogen (secondary N) is 7. The predicted molar refractivity (Wildman–Crippen MR) is 401 cm³/mol. The lowest BCUT2D eigenvalue weighted by molar-refractivity contribution is 0.0824. The highest BCUT2D eigenvalue weighted by Crippen LogP contribution is 2.40. The van der Waals surface area contributed by atoms with E-state index in [9.17, 15) is 13.2 Å². The number of anilines is 8. The summed E-state index contributed by atoms with van der Waals surface area (Å²) in [5.74, 6) is 3.64. The summed E-state index contributed by atoms with van der Waals surface area (Å²) in [6.45, 7) is 26.3. The number of hydrogen-bond acceptors (Lipinski definition) is 18. The molecule has 0 bridgehead atoms. The Labute approximate surface area is 599 Å². The van der Waals surface area contributed by atoms with Gasteiger partial charge in [0.15, 0.2) is 17.5 Å². The Hall–Kier alpha value is -9.63. The van der Waals surface area contributed by atoms with Gasteiger partial charge in [0.1, 0.15) is 51.8 Å². The van der Waals surface area contributed by atoms with E-state index in [2.05, 4.69) is 154 Å². The van der Waals surface area contributed by atoms with Gasteiger partial charge in [0.05, 0.1) is 84.2 Å². The highest BCUT2D eigenvalue weighted by atomic mass is 79.9. The lowest BCUT2D eigenvalue weighted by Gasteiger charge is -2.35. The van der Waals surface area contributed by atoms with E-state index in [1.165, 1.54) is 36.4 Å². The van der Waals surface area contributed by atoms with Gasteiger partial charge in [-0.2, -0.15) is 0 Å². The van der Waals surface area contributed by atoms with Gasteiger partial charge >= 0.3 is 0 Å². The third-order valence-corrected chi connectivity index (χ3v) is 18.1. The van der Waals surface area contributed by atoms with E-state index in [1.54, 1.807) is 55.0 Å². The van der Waals surface area contributed by atoms with Gasteiger partial charge in [0, 0.05) is 131 Å². The summed E-state index contributed by atoms with van der Waals surface area (Å²) in [5.41, 5.74) is 12.6. The molecule has 0 aliphatic carbocycles. The van der Waals surface area contributed by atoms with E-state index in [1.807, 2.05) is 55.4 Å². The molecule has 3 aliphatic heterocycles. The normalized spacial score (nSPS) is 16.1. The second-order valence-electron chi connectivity index (χ2n) is 25.7. The summed E-state index contributed by atoms with van der Waals surface area (Å²) >= 11 is 3.56. The second-order valence-corrected chi connectivity index (χ2v) is 26.6. The van der Waals surface area contributed by atoms with Gasteiger partial charge in [-0.25, -0.2) is 58.0 Å². The molecule has 3 unspecified atom stereocenters.